The summed E-state index contributed by atoms with van der Waals surface area (Å²) in [5.41, 5.74) is 3.74. The van der Waals surface area contributed by atoms with E-state index >= 15 is 0 Å². The maximum atomic E-state index is 12.5. The Balaban J connectivity index is 1.31. The van der Waals surface area contributed by atoms with Gasteiger partial charge in [0.1, 0.15) is 5.75 Å². The molecular formula is C30H31NO6. The number of amides is 2. The van der Waals surface area contributed by atoms with Crippen LogP contribution in [0.25, 0.3) is 11.1 Å². The summed E-state index contributed by atoms with van der Waals surface area (Å²) in [4.78, 5) is 38.0. The fourth-order valence-electron chi connectivity index (χ4n) is 4.53. The maximum Gasteiger partial charge on any atom is 0.309 e. The number of rotatable bonds is 12. The highest BCUT2D eigenvalue weighted by atomic mass is 16.5. The minimum atomic E-state index is -1.15. The lowest BCUT2D eigenvalue weighted by atomic mass is 9.93. The molecule has 0 aromatic heterocycles. The molecule has 1 aliphatic rings. The molecule has 37 heavy (non-hydrogen) atoms. The van der Waals surface area contributed by atoms with Crippen LogP contribution in [0.15, 0.2) is 72.8 Å². The highest BCUT2D eigenvalue weighted by molar-refractivity contribution is 6.21. The highest BCUT2D eigenvalue weighted by Gasteiger charge is 2.36. The van der Waals surface area contributed by atoms with Gasteiger partial charge in [-0.25, -0.2) is 0 Å². The van der Waals surface area contributed by atoms with Crippen molar-refractivity contribution in [2.24, 2.45) is 5.92 Å². The summed E-state index contributed by atoms with van der Waals surface area (Å²) in [6.45, 7) is 2.69. The number of hydrogen-bond donors (Lipinski definition) is 2. The second kappa shape index (κ2) is 11.8. The van der Waals surface area contributed by atoms with Crippen LogP contribution < -0.4 is 4.74 Å². The number of carbonyl (C=O) groups excluding carboxylic acids is 2. The van der Waals surface area contributed by atoms with Gasteiger partial charge >= 0.3 is 5.97 Å². The van der Waals surface area contributed by atoms with Gasteiger partial charge in [0.05, 0.1) is 29.8 Å². The number of benzene rings is 3. The highest BCUT2D eigenvalue weighted by Crippen LogP contribution is 2.26. The minimum absolute atomic E-state index is 0.0150. The smallest absolute Gasteiger partial charge is 0.309 e. The summed E-state index contributed by atoms with van der Waals surface area (Å²) >= 11 is 0. The molecule has 0 bridgehead atoms. The predicted octanol–water partition coefficient (Wildman–Crippen LogP) is 4.82. The molecule has 2 atom stereocenters. The van der Waals surface area contributed by atoms with Gasteiger partial charge in [0, 0.05) is 6.54 Å². The molecule has 3 aromatic carbocycles. The molecule has 0 saturated carbocycles. The van der Waals surface area contributed by atoms with Crippen molar-refractivity contribution in [2.75, 3.05) is 13.2 Å². The second-order valence-corrected chi connectivity index (χ2v) is 9.22. The van der Waals surface area contributed by atoms with Gasteiger partial charge in [0.15, 0.2) is 0 Å². The number of nitrogens with zero attached hydrogens (tertiary/aromatic N) is 1. The Hall–Kier alpha value is -3.97. The summed E-state index contributed by atoms with van der Waals surface area (Å²) in [6, 6.07) is 22.4. The Kier molecular flexibility index (Phi) is 8.36. The molecule has 0 unspecified atom stereocenters. The van der Waals surface area contributed by atoms with Crippen LogP contribution in [-0.4, -0.2) is 52.2 Å². The molecule has 2 amide bonds. The van der Waals surface area contributed by atoms with Gasteiger partial charge in [-0.3, -0.25) is 19.3 Å². The van der Waals surface area contributed by atoms with Crippen molar-refractivity contribution in [3.8, 4) is 16.9 Å². The molecular weight excluding hydrogens is 470 g/mol. The summed E-state index contributed by atoms with van der Waals surface area (Å²) in [7, 11) is 0. The predicted molar refractivity (Wildman–Crippen MR) is 140 cm³/mol. The molecule has 0 fully saturated rings. The van der Waals surface area contributed by atoms with E-state index in [9.17, 15) is 24.6 Å². The van der Waals surface area contributed by atoms with E-state index < -0.39 is 29.8 Å². The van der Waals surface area contributed by atoms with Crippen LogP contribution in [0.2, 0.25) is 0 Å². The molecule has 3 aromatic rings. The number of aliphatic hydroxyl groups is 1. The number of hydrogen-bond acceptors (Lipinski definition) is 5. The number of carboxylic acids is 1. The lowest BCUT2D eigenvalue weighted by Gasteiger charge is -2.22. The fourth-order valence-corrected chi connectivity index (χ4v) is 4.53. The van der Waals surface area contributed by atoms with Gasteiger partial charge in [-0.15, -0.1) is 0 Å². The van der Waals surface area contributed by atoms with Crippen molar-refractivity contribution in [1.82, 2.24) is 4.90 Å². The van der Waals surface area contributed by atoms with E-state index in [4.69, 9.17) is 4.74 Å². The van der Waals surface area contributed by atoms with E-state index in [1.165, 1.54) is 0 Å². The van der Waals surface area contributed by atoms with Gasteiger partial charge in [0.2, 0.25) is 0 Å². The molecule has 4 rings (SSSR count). The quantitative estimate of drug-likeness (QED) is 0.345. The normalized spacial score (nSPS) is 14.4. The first-order chi connectivity index (χ1) is 17.9. The van der Waals surface area contributed by atoms with E-state index in [-0.39, 0.29) is 19.4 Å². The van der Waals surface area contributed by atoms with Gasteiger partial charge in [0.25, 0.3) is 11.8 Å². The zero-order valence-electron chi connectivity index (χ0n) is 20.8. The van der Waals surface area contributed by atoms with Crippen molar-refractivity contribution in [1.29, 1.82) is 0 Å². The monoisotopic (exact) mass is 501 g/mol. The summed E-state index contributed by atoms with van der Waals surface area (Å²) in [5.74, 6) is -2.25. The molecule has 1 aliphatic heterocycles. The fraction of sp³-hybridized carbons (Fsp3) is 0.300. The van der Waals surface area contributed by atoms with E-state index in [2.05, 4.69) is 6.92 Å². The second-order valence-electron chi connectivity index (χ2n) is 9.22. The number of fused-ring (bicyclic) bond motifs is 1. The molecule has 0 spiro atoms. The van der Waals surface area contributed by atoms with Crippen molar-refractivity contribution in [3.05, 3.63) is 89.5 Å². The van der Waals surface area contributed by atoms with Gasteiger partial charge in [-0.2, -0.15) is 0 Å². The zero-order valence-corrected chi connectivity index (χ0v) is 20.8. The van der Waals surface area contributed by atoms with Gasteiger partial charge in [-0.1, -0.05) is 55.5 Å². The summed E-state index contributed by atoms with van der Waals surface area (Å²) in [6.07, 6.45) is 0.587. The minimum Gasteiger partial charge on any atom is -0.494 e. The number of aliphatic carboxylic acids is 1. The number of carboxylic acid groups (broad SMARTS) is 1. The van der Waals surface area contributed by atoms with Gasteiger partial charge in [-0.05, 0) is 66.6 Å². The Morgan fingerprint density at radius 1 is 0.865 bits per heavy atom. The zero-order chi connectivity index (χ0) is 26.4. The van der Waals surface area contributed by atoms with Crippen molar-refractivity contribution in [2.45, 2.75) is 38.7 Å². The number of aryl methyl sites for hydroxylation is 1. The third-order valence-corrected chi connectivity index (χ3v) is 6.67. The van der Waals surface area contributed by atoms with E-state index in [1.807, 2.05) is 48.5 Å². The van der Waals surface area contributed by atoms with Crippen LogP contribution in [0.1, 0.15) is 52.5 Å². The lowest BCUT2D eigenvalue weighted by molar-refractivity contribution is -0.146. The number of carbonyl (C=O) groups is 3. The first-order valence-corrected chi connectivity index (χ1v) is 12.6. The van der Waals surface area contributed by atoms with E-state index in [0.717, 1.165) is 33.8 Å². The standard InChI is InChI=1S/C30H31NO6/c1-2-19-37-23-14-12-22(13-15-23)21-10-7-20(8-11-21)9-16-27(32)26(30(35)36)17-18-31-28(33)24-5-3-4-6-25(24)29(31)34/h3-8,10-15,26-27,32H,2,9,16-19H2,1H3,(H,35,36)/t26-,27+/m1/s1. The van der Waals surface area contributed by atoms with Gasteiger partial charge < -0.3 is 14.9 Å². The van der Waals surface area contributed by atoms with Crippen LogP contribution in [0.4, 0.5) is 0 Å². The molecule has 192 valence electrons. The molecule has 1 heterocycles. The Bertz CT molecular complexity index is 1220. The molecule has 7 heteroatoms. The Morgan fingerprint density at radius 2 is 1.43 bits per heavy atom. The van der Waals surface area contributed by atoms with E-state index in [0.29, 0.717) is 24.2 Å². The first kappa shape index (κ1) is 26.1. The van der Waals surface area contributed by atoms with Crippen LogP contribution in [0, 0.1) is 5.92 Å². The Labute approximate surface area is 216 Å². The Morgan fingerprint density at radius 3 is 1.97 bits per heavy atom. The number of ether oxygens (including phenoxy) is 1. The van der Waals surface area contributed by atoms with Crippen molar-refractivity contribution < 1.29 is 29.3 Å². The van der Waals surface area contributed by atoms with Crippen LogP contribution >= 0.6 is 0 Å². The SMILES string of the molecule is CCCOc1ccc(-c2ccc(CC[C@H](O)[C@@H](CCN3C(=O)c4ccccc4C3=O)C(=O)O)cc2)cc1. The number of imide groups is 1. The van der Waals surface area contributed by atoms with Crippen LogP contribution in [0.5, 0.6) is 5.75 Å². The van der Waals surface area contributed by atoms with Crippen molar-refractivity contribution >= 4 is 17.8 Å². The molecule has 0 saturated heterocycles. The van der Waals surface area contributed by atoms with Crippen LogP contribution in [-0.2, 0) is 11.2 Å². The van der Waals surface area contributed by atoms with Crippen molar-refractivity contribution in [3.63, 3.8) is 0 Å². The average molecular weight is 502 g/mol. The average Bonchev–Trinajstić information content (AvgIpc) is 3.16. The molecule has 0 radical (unpaired) electrons. The summed E-state index contributed by atoms with van der Waals surface area (Å²) in [5, 5.41) is 20.4. The van der Waals surface area contributed by atoms with E-state index in [1.54, 1.807) is 24.3 Å². The number of aliphatic hydroxyl groups excluding tert-OH is 1. The molecule has 7 nitrogen and oxygen atoms in total. The summed E-state index contributed by atoms with van der Waals surface area (Å²) < 4.78 is 5.63. The molecule has 0 aliphatic carbocycles. The third-order valence-electron chi connectivity index (χ3n) is 6.67. The first-order valence-electron chi connectivity index (χ1n) is 12.6. The topological polar surface area (TPSA) is 104 Å². The molecule has 2 N–H and O–H groups in total. The van der Waals surface area contributed by atoms with Crippen LogP contribution in [0.3, 0.4) is 0 Å². The largest absolute Gasteiger partial charge is 0.494 e. The lowest BCUT2D eigenvalue weighted by Crippen LogP contribution is -2.36. The third kappa shape index (κ3) is 6.06. The maximum absolute atomic E-state index is 12.5.